The van der Waals surface area contributed by atoms with Crippen molar-refractivity contribution in [2.75, 3.05) is 0 Å². The van der Waals surface area contributed by atoms with Gasteiger partial charge in [-0.3, -0.25) is 0 Å². The Labute approximate surface area is 358 Å². The SMILES string of the molecule is Cc1cc(-c2cc(-n3c4cc(C(C)(C)C)ccc4c4ccc(C(C)(C)C)cc43)c(-n3c4cc(C(C)(C)C)ccc4c4ccc(C(C)(C)C)cc43)cc2C#N)cc(C(F)(F)F)c1. The van der Waals surface area contributed by atoms with E-state index in [0.29, 0.717) is 16.7 Å². The highest BCUT2D eigenvalue weighted by Gasteiger charge is 2.32. The summed E-state index contributed by atoms with van der Waals surface area (Å²) in [5.41, 5.74) is 10.3. The molecule has 0 aliphatic carbocycles. The minimum Gasteiger partial charge on any atom is -0.307 e. The summed E-state index contributed by atoms with van der Waals surface area (Å²) in [7, 11) is 0. The summed E-state index contributed by atoms with van der Waals surface area (Å²) in [6.45, 7) is 28.2. The normalized spacial score (nSPS) is 13.2. The molecule has 0 bridgehead atoms. The molecule has 8 aromatic rings. The lowest BCUT2D eigenvalue weighted by atomic mass is 9.86. The summed E-state index contributed by atoms with van der Waals surface area (Å²) in [5, 5.41) is 15.4. The van der Waals surface area contributed by atoms with Crippen LogP contribution in [-0.2, 0) is 27.8 Å². The van der Waals surface area contributed by atoms with E-state index in [1.54, 1.807) is 13.0 Å². The number of fused-ring (bicyclic) bond motifs is 6. The van der Waals surface area contributed by atoms with Crippen LogP contribution in [0.4, 0.5) is 13.2 Å². The van der Waals surface area contributed by atoms with Gasteiger partial charge in [-0.05, 0) is 110 Å². The second-order valence-corrected chi connectivity index (χ2v) is 21.2. The van der Waals surface area contributed by atoms with E-state index in [9.17, 15) is 18.4 Å². The first-order valence-corrected chi connectivity index (χ1v) is 21.2. The van der Waals surface area contributed by atoms with E-state index in [1.165, 1.54) is 17.2 Å². The van der Waals surface area contributed by atoms with Crippen LogP contribution in [0.3, 0.4) is 0 Å². The van der Waals surface area contributed by atoms with Crippen LogP contribution in [-0.4, -0.2) is 9.13 Å². The highest BCUT2D eigenvalue weighted by molar-refractivity contribution is 6.12. The number of hydrogen-bond acceptors (Lipinski definition) is 1. The number of rotatable bonds is 3. The van der Waals surface area contributed by atoms with Gasteiger partial charge in [-0.15, -0.1) is 0 Å². The van der Waals surface area contributed by atoms with Crippen LogP contribution >= 0.6 is 0 Å². The van der Waals surface area contributed by atoms with Crippen LogP contribution in [0.15, 0.2) is 103 Å². The van der Waals surface area contributed by atoms with Crippen molar-refractivity contribution in [1.29, 1.82) is 5.26 Å². The van der Waals surface area contributed by atoms with Gasteiger partial charge in [-0.1, -0.05) is 138 Å². The van der Waals surface area contributed by atoms with E-state index < -0.39 is 11.7 Å². The molecule has 0 radical (unpaired) electrons. The van der Waals surface area contributed by atoms with Gasteiger partial charge in [0, 0.05) is 27.1 Å². The molecule has 3 nitrogen and oxygen atoms in total. The van der Waals surface area contributed by atoms with Gasteiger partial charge in [0.2, 0.25) is 0 Å². The van der Waals surface area contributed by atoms with E-state index in [2.05, 4.69) is 171 Å². The fourth-order valence-electron chi connectivity index (χ4n) is 8.79. The number of halogens is 3. The molecule has 0 fully saturated rings. The van der Waals surface area contributed by atoms with Crippen molar-refractivity contribution in [2.24, 2.45) is 0 Å². The van der Waals surface area contributed by atoms with Crippen LogP contribution in [0.2, 0.25) is 0 Å². The van der Waals surface area contributed by atoms with Crippen molar-refractivity contribution in [2.45, 2.75) is 118 Å². The first-order valence-electron chi connectivity index (χ1n) is 21.2. The molecule has 8 rings (SSSR count). The molecule has 0 aliphatic rings. The Hall–Kier alpha value is -5.80. The molecule has 312 valence electrons. The molecular weight excluding hydrogens is 760 g/mol. The zero-order valence-corrected chi connectivity index (χ0v) is 37.8. The van der Waals surface area contributed by atoms with E-state index in [-0.39, 0.29) is 27.2 Å². The van der Waals surface area contributed by atoms with Gasteiger partial charge < -0.3 is 9.13 Å². The standard InChI is InChI=1S/C55H56F3N3/c1-32-22-33(24-39(23-32)55(56,57)58)44-30-50(61-47-28-37(53(8,9)10)16-20-42(47)43-21-17-38(29-48(43)61)54(11,12)13)49(25-34(44)31-59)60-45-26-35(51(2,3)4)14-18-40(45)41-19-15-36(27-46(41)60)52(5,6)7/h14-30H,1-13H3. The molecule has 0 atom stereocenters. The van der Waals surface area contributed by atoms with Crippen molar-refractivity contribution < 1.29 is 13.2 Å². The van der Waals surface area contributed by atoms with Crippen molar-refractivity contribution >= 4 is 43.6 Å². The topological polar surface area (TPSA) is 33.6 Å². The zero-order valence-electron chi connectivity index (χ0n) is 37.8. The number of benzene rings is 6. The Kier molecular flexibility index (Phi) is 9.52. The number of hydrogen-bond donors (Lipinski definition) is 0. The van der Waals surface area contributed by atoms with Crippen molar-refractivity contribution in [3.63, 3.8) is 0 Å². The lowest BCUT2D eigenvalue weighted by Crippen LogP contribution is -2.13. The summed E-state index contributed by atoms with van der Waals surface area (Å²) < 4.78 is 48.0. The smallest absolute Gasteiger partial charge is 0.307 e. The lowest BCUT2D eigenvalue weighted by molar-refractivity contribution is -0.137. The van der Waals surface area contributed by atoms with Crippen molar-refractivity contribution in [3.05, 3.63) is 142 Å². The molecule has 6 heteroatoms. The van der Waals surface area contributed by atoms with Crippen LogP contribution in [0.5, 0.6) is 0 Å². The van der Waals surface area contributed by atoms with E-state index in [4.69, 9.17) is 0 Å². The summed E-state index contributed by atoms with van der Waals surface area (Å²) >= 11 is 0. The van der Waals surface area contributed by atoms with Crippen molar-refractivity contribution in [1.82, 2.24) is 9.13 Å². The van der Waals surface area contributed by atoms with Gasteiger partial charge in [0.25, 0.3) is 0 Å². The first kappa shape index (κ1) is 41.9. The molecule has 2 heterocycles. The van der Waals surface area contributed by atoms with Crippen LogP contribution in [0, 0.1) is 18.3 Å². The molecule has 2 aromatic heterocycles. The number of aryl methyl sites for hydroxylation is 1. The quantitative estimate of drug-likeness (QED) is 0.175. The van der Waals surface area contributed by atoms with Crippen LogP contribution in [0.25, 0.3) is 66.1 Å². The number of aromatic nitrogens is 2. The van der Waals surface area contributed by atoms with Crippen LogP contribution in [0.1, 0.15) is 122 Å². The third kappa shape index (κ3) is 7.30. The molecule has 0 amide bonds. The highest BCUT2D eigenvalue weighted by Crippen LogP contribution is 2.45. The third-order valence-corrected chi connectivity index (χ3v) is 12.4. The summed E-state index contributed by atoms with van der Waals surface area (Å²) in [6.07, 6.45) is -4.56. The first-order chi connectivity index (χ1) is 28.3. The predicted molar refractivity (Wildman–Crippen MR) is 250 cm³/mol. The molecule has 6 aromatic carbocycles. The maximum absolute atomic E-state index is 14.5. The minimum atomic E-state index is -4.56. The average Bonchev–Trinajstić information content (AvgIpc) is 3.66. The van der Waals surface area contributed by atoms with Gasteiger partial charge in [0.05, 0.1) is 50.6 Å². The van der Waals surface area contributed by atoms with Gasteiger partial charge >= 0.3 is 6.18 Å². The maximum Gasteiger partial charge on any atom is 0.416 e. The average molecular weight is 816 g/mol. The number of alkyl halides is 3. The molecule has 0 N–H and O–H groups in total. The van der Waals surface area contributed by atoms with Gasteiger partial charge in [0.15, 0.2) is 0 Å². The summed E-state index contributed by atoms with van der Waals surface area (Å²) in [6, 6.07) is 37.1. The second-order valence-electron chi connectivity index (χ2n) is 21.2. The second kappa shape index (κ2) is 13.9. The Morgan fingerprint density at radius 3 is 1.08 bits per heavy atom. The van der Waals surface area contributed by atoms with Gasteiger partial charge in [-0.2, -0.15) is 18.4 Å². The van der Waals surface area contributed by atoms with Gasteiger partial charge in [-0.25, -0.2) is 0 Å². The minimum absolute atomic E-state index is 0.155. The predicted octanol–water partition coefficient (Wildman–Crippen LogP) is 15.9. The lowest BCUT2D eigenvalue weighted by Gasteiger charge is -2.23. The molecular formula is C55H56F3N3. The number of nitriles is 1. The largest absolute Gasteiger partial charge is 0.416 e. The molecule has 0 aliphatic heterocycles. The Balaban J connectivity index is 1.64. The summed E-state index contributed by atoms with van der Waals surface area (Å²) in [4.78, 5) is 0. The Morgan fingerprint density at radius 1 is 0.426 bits per heavy atom. The van der Waals surface area contributed by atoms with E-state index in [1.807, 2.05) is 12.1 Å². The highest BCUT2D eigenvalue weighted by atomic mass is 19.4. The molecule has 0 unspecified atom stereocenters. The molecule has 0 spiro atoms. The third-order valence-electron chi connectivity index (χ3n) is 12.4. The zero-order chi connectivity index (χ0) is 44.4. The molecule has 61 heavy (non-hydrogen) atoms. The fraction of sp³-hybridized carbons (Fsp3) is 0.327. The molecule has 0 saturated carbocycles. The Bertz CT molecular complexity index is 2970. The van der Waals surface area contributed by atoms with Crippen molar-refractivity contribution in [3.8, 4) is 28.6 Å². The van der Waals surface area contributed by atoms with E-state index in [0.717, 1.165) is 72.2 Å². The number of nitrogens with zero attached hydrogens (tertiary/aromatic N) is 3. The van der Waals surface area contributed by atoms with Gasteiger partial charge in [0.1, 0.15) is 0 Å². The van der Waals surface area contributed by atoms with Crippen LogP contribution < -0.4 is 0 Å². The maximum atomic E-state index is 14.5. The monoisotopic (exact) mass is 815 g/mol. The molecule has 0 saturated heterocycles. The van der Waals surface area contributed by atoms with E-state index >= 15 is 0 Å². The fourth-order valence-corrected chi connectivity index (χ4v) is 8.79. The Morgan fingerprint density at radius 2 is 0.770 bits per heavy atom. The summed E-state index contributed by atoms with van der Waals surface area (Å²) in [5.74, 6) is 0.